The largest absolute Gasteiger partial charge is 0.497 e. The molecule has 1 aliphatic rings. The van der Waals surface area contributed by atoms with Gasteiger partial charge in [0.25, 0.3) is 0 Å². The van der Waals surface area contributed by atoms with Crippen molar-refractivity contribution in [3.05, 3.63) is 71.2 Å². The molecular weight excluding hydrogens is 391 g/mol. The molecule has 0 unspecified atom stereocenters. The Kier molecular flexibility index (Phi) is 6.56. The summed E-state index contributed by atoms with van der Waals surface area (Å²) in [5.41, 5.74) is 0.960. The summed E-state index contributed by atoms with van der Waals surface area (Å²) < 4.78 is 30.0. The van der Waals surface area contributed by atoms with Gasteiger partial charge in [-0.15, -0.1) is 0 Å². The van der Waals surface area contributed by atoms with E-state index in [0.717, 1.165) is 0 Å². The van der Waals surface area contributed by atoms with Crippen molar-refractivity contribution in [2.75, 3.05) is 27.4 Å². The number of carbonyl (C=O) groups excluding carboxylic acids is 2. The van der Waals surface area contributed by atoms with Gasteiger partial charge in [-0.25, -0.2) is 14.0 Å². The van der Waals surface area contributed by atoms with Crippen LogP contribution in [0, 0.1) is 5.82 Å². The van der Waals surface area contributed by atoms with E-state index in [-0.39, 0.29) is 18.8 Å². The molecule has 2 aromatic carbocycles. The zero-order chi connectivity index (χ0) is 21.7. The molecule has 0 bridgehead atoms. The Hall–Kier alpha value is -3.55. The normalized spacial score (nSPS) is 16.2. The van der Waals surface area contributed by atoms with Crippen LogP contribution in [0.1, 0.15) is 18.5 Å². The molecule has 1 N–H and O–H groups in total. The van der Waals surface area contributed by atoms with Crippen molar-refractivity contribution in [2.24, 2.45) is 0 Å². The van der Waals surface area contributed by atoms with Gasteiger partial charge in [0, 0.05) is 7.05 Å². The molecule has 7 nitrogen and oxygen atoms in total. The Balaban J connectivity index is 1.99. The van der Waals surface area contributed by atoms with E-state index in [9.17, 15) is 14.0 Å². The summed E-state index contributed by atoms with van der Waals surface area (Å²) in [7, 11) is 3.09. The van der Waals surface area contributed by atoms with E-state index >= 15 is 0 Å². The molecule has 0 aromatic heterocycles. The van der Waals surface area contributed by atoms with E-state index in [0.29, 0.717) is 22.8 Å². The van der Waals surface area contributed by atoms with Gasteiger partial charge in [0.15, 0.2) is 0 Å². The van der Waals surface area contributed by atoms with Crippen molar-refractivity contribution < 1.29 is 28.2 Å². The van der Waals surface area contributed by atoms with E-state index in [4.69, 9.17) is 14.2 Å². The minimum absolute atomic E-state index is 0.0593. The van der Waals surface area contributed by atoms with Gasteiger partial charge < -0.3 is 19.5 Å². The van der Waals surface area contributed by atoms with Gasteiger partial charge in [-0.1, -0.05) is 12.1 Å². The Bertz CT molecular complexity index is 958. The number of esters is 1. The molecule has 0 saturated heterocycles. The number of amides is 2. The van der Waals surface area contributed by atoms with E-state index in [2.05, 4.69) is 5.32 Å². The number of likely N-dealkylation sites (N-methyl/N-ethyl adjacent to an activating group) is 1. The van der Waals surface area contributed by atoms with Crippen LogP contribution in [0.25, 0.3) is 0 Å². The number of halogens is 1. The van der Waals surface area contributed by atoms with Gasteiger partial charge >= 0.3 is 12.0 Å². The van der Waals surface area contributed by atoms with Crippen LogP contribution in [0.2, 0.25) is 0 Å². The van der Waals surface area contributed by atoms with E-state index < -0.39 is 23.9 Å². The predicted octanol–water partition coefficient (Wildman–Crippen LogP) is 3.43. The highest BCUT2D eigenvalue weighted by Crippen LogP contribution is 2.31. The van der Waals surface area contributed by atoms with E-state index in [1.165, 1.54) is 30.1 Å². The second-order valence-electron chi connectivity index (χ2n) is 6.54. The first-order valence-electron chi connectivity index (χ1n) is 9.41. The number of nitrogens with zero attached hydrogens (tertiary/aromatic N) is 1. The molecule has 30 heavy (non-hydrogen) atoms. The predicted molar refractivity (Wildman–Crippen MR) is 108 cm³/mol. The molecule has 0 radical (unpaired) electrons. The Morgan fingerprint density at radius 2 is 1.87 bits per heavy atom. The second kappa shape index (κ2) is 9.30. The van der Waals surface area contributed by atoms with Crippen molar-refractivity contribution >= 4 is 12.0 Å². The van der Waals surface area contributed by atoms with Gasteiger partial charge in [0.2, 0.25) is 0 Å². The fourth-order valence-electron chi connectivity index (χ4n) is 3.14. The van der Waals surface area contributed by atoms with Crippen LogP contribution in [0.4, 0.5) is 9.18 Å². The molecular formula is C22H23FN2O5. The number of carbonyl (C=O) groups is 2. The van der Waals surface area contributed by atoms with Crippen molar-refractivity contribution in [3.8, 4) is 11.5 Å². The molecule has 8 heteroatoms. The SMILES string of the molecule is CCOC(=O)C1=C(COc2ccc(OC)cc2)N(C)C(=O)N[C@H]1c1cccc(F)c1. The molecule has 0 fully saturated rings. The standard InChI is InChI=1S/C22H23FN2O5/c1-4-29-21(26)19-18(13-30-17-10-8-16(28-3)9-11-17)25(2)22(27)24-20(19)14-6-5-7-15(23)12-14/h5-12,20H,4,13H2,1-3H3,(H,24,27)/t20-/m0/s1. The van der Waals surface area contributed by atoms with Gasteiger partial charge in [0.05, 0.1) is 31.0 Å². The van der Waals surface area contributed by atoms with Crippen LogP contribution in [0.3, 0.4) is 0 Å². The molecule has 2 aromatic rings. The number of urea groups is 1. The summed E-state index contributed by atoms with van der Waals surface area (Å²) >= 11 is 0. The van der Waals surface area contributed by atoms with Crippen LogP contribution in [-0.4, -0.2) is 44.3 Å². The third-order valence-electron chi connectivity index (χ3n) is 4.69. The third-order valence-corrected chi connectivity index (χ3v) is 4.69. The lowest BCUT2D eigenvalue weighted by Crippen LogP contribution is -2.48. The zero-order valence-corrected chi connectivity index (χ0v) is 17.0. The maximum atomic E-state index is 13.8. The summed E-state index contributed by atoms with van der Waals surface area (Å²) in [4.78, 5) is 26.7. The number of rotatable bonds is 7. The van der Waals surface area contributed by atoms with Crippen molar-refractivity contribution in [2.45, 2.75) is 13.0 Å². The minimum atomic E-state index is -0.863. The summed E-state index contributed by atoms with van der Waals surface area (Å²) in [6.07, 6.45) is 0. The molecule has 1 atom stereocenters. The molecule has 0 spiro atoms. The summed E-state index contributed by atoms with van der Waals surface area (Å²) in [6.45, 7) is 1.78. The highest BCUT2D eigenvalue weighted by atomic mass is 19.1. The maximum Gasteiger partial charge on any atom is 0.338 e. The number of nitrogens with one attached hydrogen (secondary N) is 1. The van der Waals surface area contributed by atoms with Gasteiger partial charge in [-0.3, -0.25) is 4.90 Å². The second-order valence-corrected chi connectivity index (χ2v) is 6.54. The van der Waals surface area contributed by atoms with Gasteiger partial charge in [-0.05, 0) is 48.9 Å². The Labute approximate surface area is 174 Å². The smallest absolute Gasteiger partial charge is 0.338 e. The minimum Gasteiger partial charge on any atom is -0.497 e. The maximum absolute atomic E-state index is 13.8. The molecule has 0 saturated carbocycles. The monoisotopic (exact) mass is 414 g/mol. The summed E-state index contributed by atoms with van der Waals surface area (Å²) in [5.74, 6) is 0.133. The fourth-order valence-corrected chi connectivity index (χ4v) is 3.14. The first-order chi connectivity index (χ1) is 14.4. The Morgan fingerprint density at radius 1 is 1.17 bits per heavy atom. The van der Waals surface area contributed by atoms with Crippen LogP contribution in [0.5, 0.6) is 11.5 Å². The lowest BCUT2D eigenvalue weighted by atomic mass is 9.94. The quantitative estimate of drug-likeness (QED) is 0.703. The fraction of sp³-hybridized carbons (Fsp3) is 0.273. The van der Waals surface area contributed by atoms with Gasteiger partial charge in [0.1, 0.15) is 23.9 Å². The topological polar surface area (TPSA) is 77.1 Å². The zero-order valence-electron chi connectivity index (χ0n) is 17.0. The molecule has 1 heterocycles. The number of ether oxygens (including phenoxy) is 3. The Morgan fingerprint density at radius 3 is 2.50 bits per heavy atom. The van der Waals surface area contributed by atoms with E-state index in [1.807, 2.05) is 0 Å². The average molecular weight is 414 g/mol. The first-order valence-corrected chi connectivity index (χ1v) is 9.41. The number of methoxy groups -OCH3 is 1. The number of benzene rings is 2. The molecule has 0 aliphatic carbocycles. The summed E-state index contributed by atoms with van der Waals surface area (Å²) in [5, 5.41) is 2.73. The molecule has 3 rings (SSSR count). The molecule has 1 aliphatic heterocycles. The summed E-state index contributed by atoms with van der Waals surface area (Å²) in [6, 6.07) is 11.3. The average Bonchev–Trinajstić information content (AvgIpc) is 2.74. The highest BCUT2D eigenvalue weighted by molar-refractivity contribution is 5.95. The first kappa shape index (κ1) is 21.2. The molecule has 158 valence electrons. The van der Waals surface area contributed by atoms with Crippen molar-refractivity contribution in [1.29, 1.82) is 0 Å². The number of hydrogen-bond acceptors (Lipinski definition) is 5. The van der Waals surface area contributed by atoms with Crippen LogP contribution < -0.4 is 14.8 Å². The highest BCUT2D eigenvalue weighted by Gasteiger charge is 2.37. The third kappa shape index (κ3) is 4.53. The van der Waals surface area contributed by atoms with Crippen LogP contribution in [-0.2, 0) is 9.53 Å². The van der Waals surface area contributed by atoms with Gasteiger partial charge in [-0.2, -0.15) is 0 Å². The number of hydrogen-bond donors (Lipinski definition) is 1. The van der Waals surface area contributed by atoms with Crippen LogP contribution in [0.15, 0.2) is 59.8 Å². The molecule has 2 amide bonds. The van der Waals surface area contributed by atoms with Crippen LogP contribution >= 0.6 is 0 Å². The van der Waals surface area contributed by atoms with E-state index in [1.54, 1.807) is 44.4 Å². The van der Waals surface area contributed by atoms with Crippen molar-refractivity contribution in [1.82, 2.24) is 10.2 Å². The lowest BCUT2D eigenvalue weighted by molar-refractivity contribution is -0.139. The lowest BCUT2D eigenvalue weighted by Gasteiger charge is -2.34. The van der Waals surface area contributed by atoms with Crippen molar-refractivity contribution in [3.63, 3.8) is 0 Å².